The van der Waals surface area contributed by atoms with Gasteiger partial charge in [-0.05, 0) is 37.3 Å². The zero-order valence-electron chi connectivity index (χ0n) is 15.8. The molecule has 0 aromatic heterocycles. The molecule has 0 unspecified atom stereocenters. The summed E-state index contributed by atoms with van der Waals surface area (Å²) in [4.78, 5) is 16.0. The number of halogens is 2. The Balaban J connectivity index is 1.32. The van der Waals surface area contributed by atoms with Crippen molar-refractivity contribution in [1.82, 2.24) is 5.32 Å². The van der Waals surface area contributed by atoms with E-state index in [0.717, 1.165) is 66.5 Å². The second-order valence-corrected chi connectivity index (χ2v) is 7.59. The second-order valence-electron chi connectivity index (χ2n) is 6.75. The van der Waals surface area contributed by atoms with Crippen LogP contribution in [0, 0.1) is 0 Å². The van der Waals surface area contributed by atoms with E-state index in [-0.39, 0.29) is 5.91 Å². The monoisotopic (exact) mass is 421 g/mol. The first kappa shape index (κ1) is 20.9. The van der Waals surface area contributed by atoms with Crippen LogP contribution >= 0.6 is 23.2 Å². The zero-order valence-corrected chi connectivity index (χ0v) is 17.3. The van der Waals surface area contributed by atoms with Crippen molar-refractivity contribution >= 4 is 40.5 Å². The SMILES string of the molecule is O=C1CCc2ccc(OCC=CCNCCN=C3CCCC(Cl)=C3Cl)cc2N1. The number of rotatable bonds is 8. The summed E-state index contributed by atoms with van der Waals surface area (Å²) < 4.78 is 5.72. The molecule has 1 aliphatic carbocycles. The number of carbonyl (C=O) groups excluding carboxylic acids is 1. The average Bonchev–Trinajstić information content (AvgIpc) is 2.69. The number of amides is 1. The molecule has 0 spiro atoms. The number of nitrogens with one attached hydrogen (secondary N) is 2. The van der Waals surface area contributed by atoms with Gasteiger partial charge in [0.1, 0.15) is 12.4 Å². The number of fused-ring (bicyclic) bond motifs is 1. The highest BCUT2D eigenvalue weighted by Crippen LogP contribution is 2.28. The standard InChI is InChI=1S/C21H25Cl2N3O2/c22-17-4-3-5-18(21(17)23)25-12-11-24-10-1-2-13-28-16-8-6-15-7-9-20(27)26-19(15)14-16/h1-2,6,8,14,24H,3-5,7,9-13H2,(H,26,27). The third-order valence-corrected chi connectivity index (χ3v) is 5.57. The zero-order chi connectivity index (χ0) is 19.8. The van der Waals surface area contributed by atoms with Gasteiger partial charge in [-0.2, -0.15) is 0 Å². The van der Waals surface area contributed by atoms with Crippen molar-refractivity contribution < 1.29 is 9.53 Å². The van der Waals surface area contributed by atoms with Gasteiger partial charge in [0.2, 0.25) is 5.91 Å². The lowest BCUT2D eigenvalue weighted by molar-refractivity contribution is -0.116. The van der Waals surface area contributed by atoms with Crippen LogP contribution in [0.1, 0.15) is 31.2 Å². The number of carbonyl (C=O) groups is 1. The van der Waals surface area contributed by atoms with Gasteiger partial charge in [0.05, 0.1) is 17.3 Å². The quantitative estimate of drug-likeness (QED) is 0.482. The first-order valence-corrected chi connectivity index (χ1v) is 10.4. The summed E-state index contributed by atoms with van der Waals surface area (Å²) in [6.45, 7) is 2.69. The van der Waals surface area contributed by atoms with Crippen molar-refractivity contribution in [3.05, 3.63) is 46.0 Å². The van der Waals surface area contributed by atoms with Crippen LogP contribution in [0.3, 0.4) is 0 Å². The summed E-state index contributed by atoms with van der Waals surface area (Å²) in [6, 6.07) is 5.84. The number of aryl methyl sites for hydroxylation is 1. The van der Waals surface area contributed by atoms with E-state index in [2.05, 4.69) is 15.6 Å². The van der Waals surface area contributed by atoms with Gasteiger partial charge in [0, 0.05) is 36.3 Å². The Labute approximate surface area is 175 Å². The fraction of sp³-hybridized carbons (Fsp3) is 0.429. The Morgan fingerprint density at radius 3 is 2.96 bits per heavy atom. The maximum atomic E-state index is 11.5. The lowest BCUT2D eigenvalue weighted by Gasteiger charge is -2.17. The molecule has 0 fully saturated rings. The topological polar surface area (TPSA) is 62.7 Å². The Hall–Kier alpha value is -1.82. The smallest absolute Gasteiger partial charge is 0.224 e. The number of ether oxygens (including phenoxy) is 1. The van der Waals surface area contributed by atoms with E-state index < -0.39 is 0 Å². The van der Waals surface area contributed by atoms with Gasteiger partial charge in [-0.25, -0.2) is 0 Å². The molecule has 5 nitrogen and oxygen atoms in total. The highest BCUT2D eigenvalue weighted by atomic mass is 35.5. The van der Waals surface area contributed by atoms with Crippen molar-refractivity contribution in [2.75, 3.05) is 31.6 Å². The fourth-order valence-electron chi connectivity index (χ4n) is 3.13. The van der Waals surface area contributed by atoms with E-state index in [0.29, 0.717) is 24.6 Å². The van der Waals surface area contributed by atoms with Crippen LogP contribution in [-0.2, 0) is 11.2 Å². The van der Waals surface area contributed by atoms with Crippen molar-refractivity contribution in [3.8, 4) is 5.75 Å². The number of benzene rings is 1. The molecule has 7 heteroatoms. The van der Waals surface area contributed by atoms with Crippen molar-refractivity contribution in [3.63, 3.8) is 0 Å². The second kappa shape index (κ2) is 10.6. The molecule has 1 aromatic carbocycles. The lowest BCUT2D eigenvalue weighted by atomic mass is 10.0. The molecular formula is C21H25Cl2N3O2. The Bertz CT molecular complexity index is 803. The number of nitrogens with zero attached hydrogens (tertiary/aromatic N) is 1. The molecule has 3 rings (SSSR count). The van der Waals surface area contributed by atoms with Crippen LogP contribution < -0.4 is 15.4 Å². The highest BCUT2D eigenvalue weighted by Gasteiger charge is 2.15. The summed E-state index contributed by atoms with van der Waals surface area (Å²) in [5.74, 6) is 0.816. The van der Waals surface area contributed by atoms with E-state index in [4.69, 9.17) is 27.9 Å². The Morgan fingerprint density at radius 2 is 2.07 bits per heavy atom. The maximum absolute atomic E-state index is 11.5. The molecule has 1 aromatic rings. The molecule has 0 saturated heterocycles. The van der Waals surface area contributed by atoms with E-state index in [1.54, 1.807) is 0 Å². The molecule has 1 amide bonds. The number of hydrogen-bond acceptors (Lipinski definition) is 4. The number of anilines is 1. The summed E-state index contributed by atoms with van der Waals surface area (Å²) >= 11 is 12.2. The van der Waals surface area contributed by atoms with Crippen LogP contribution in [0.15, 0.2) is 45.4 Å². The average molecular weight is 422 g/mol. The number of allylic oxidation sites excluding steroid dienone is 2. The Morgan fingerprint density at radius 1 is 1.18 bits per heavy atom. The van der Waals surface area contributed by atoms with Gasteiger partial charge < -0.3 is 15.4 Å². The van der Waals surface area contributed by atoms with Gasteiger partial charge in [0.25, 0.3) is 0 Å². The highest BCUT2D eigenvalue weighted by molar-refractivity contribution is 6.49. The van der Waals surface area contributed by atoms with Gasteiger partial charge in [-0.1, -0.05) is 41.4 Å². The van der Waals surface area contributed by atoms with Crippen LogP contribution in [0.25, 0.3) is 0 Å². The molecule has 0 saturated carbocycles. The molecule has 28 heavy (non-hydrogen) atoms. The molecule has 0 bridgehead atoms. The predicted octanol–water partition coefficient (Wildman–Crippen LogP) is 4.41. The molecule has 1 heterocycles. The Kier molecular flexibility index (Phi) is 7.95. The predicted molar refractivity (Wildman–Crippen MR) is 116 cm³/mol. The number of hydrogen-bond donors (Lipinski definition) is 2. The largest absolute Gasteiger partial charge is 0.489 e. The lowest BCUT2D eigenvalue weighted by Crippen LogP contribution is -2.19. The first-order chi connectivity index (χ1) is 13.6. The van der Waals surface area contributed by atoms with E-state index in [1.165, 1.54) is 0 Å². The summed E-state index contributed by atoms with van der Waals surface area (Å²) in [5, 5.41) is 7.55. The van der Waals surface area contributed by atoms with E-state index in [1.807, 2.05) is 30.4 Å². The van der Waals surface area contributed by atoms with Crippen molar-refractivity contribution in [1.29, 1.82) is 0 Å². The fourth-order valence-corrected chi connectivity index (χ4v) is 3.62. The number of aliphatic imine (C=N–C) groups is 1. The summed E-state index contributed by atoms with van der Waals surface area (Å²) in [6.07, 6.45) is 8.10. The molecular weight excluding hydrogens is 397 g/mol. The first-order valence-electron chi connectivity index (χ1n) is 9.62. The minimum Gasteiger partial charge on any atom is -0.489 e. The molecule has 0 atom stereocenters. The maximum Gasteiger partial charge on any atom is 0.224 e. The van der Waals surface area contributed by atoms with Gasteiger partial charge >= 0.3 is 0 Å². The van der Waals surface area contributed by atoms with Gasteiger partial charge in [-0.3, -0.25) is 9.79 Å². The van der Waals surface area contributed by atoms with E-state index >= 15 is 0 Å². The van der Waals surface area contributed by atoms with Gasteiger partial charge in [0.15, 0.2) is 0 Å². The van der Waals surface area contributed by atoms with Crippen LogP contribution in [0.4, 0.5) is 5.69 Å². The molecule has 2 N–H and O–H groups in total. The summed E-state index contributed by atoms with van der Waals surface area (Å²) in [7, 11) is 0. The van der Waals surface area contributed by atoms with Gasteiger partial charge in [-0.15, -0.1) is 0 Å². The minimum absolute atomic E-state index is 0.0608. The van der Waals surface area contributed by atoms with E-state index in [9.17, 15) is 4.79 Å². The van der Waals surface area contributed by atoms with Crippen LogP contribution in [-0.4, -0.2) is 37.9 Å². The minimum atomic E-state index is 0.0608. The van der Waals surface area contributed by atoms with Crippen molar-refractivity contribution in [2.24, 2.45) is 4.99 Å². The van der Waals surface area contributed by atoms with Crippen molar-refractivity contribution in [2.45, 2.75) is 32.1 Å². The molecule has 0 radical (unpaired) electrons. The normalized spacial score (nSPS) is 18.5. The summed E-state index contributed by atoms with van der Waals surface area (Å²) in [5.41, 5.74) is 2.93. The third kappa shape index (κ3) is 6.09. The molecule has 1 aliphatic heterocycles. The third-order valence-electron chi connectivity index (χ3n) is 4.64. The molecule has 2 aliphatic rings. The van der Waals surface area contributed by atoms with Crippen LogP contribution in [0.2, 0.25) is 0 Å². The van der Waals surface area contributed by atoms with Crippen LogP contribution in [0.5, 0.6) is 5.75 Å². The molecule has 150 valence electrons.